The molecule has 1 fully saturated rings. The Balaban J connectivity index is 2.42. The smallest absolute Gasteiger partial charge is 0.226 e. The van der Waals surface area contributed by atoms with E-state index in [0.717, 1.165) is 0 Å². The zero-order valence-electron chi connectivity index (χ0n) is 7.41. The van der Waals surface area contributed by atoms with Gasteiger partial charge in [0.15, 0.2) is 4.33 Å². The quantitative estimate of drug-likeness (QED) is 0.755. The summed E-state index contributed by atoms with van der Waals surface area (Å²) in [7, 11) is 0. The standard InChI is InChI=1S/C10H10Cl2O2/c11-9(12)6-7-14-10(9,13)8-4-2-1-3-5-8/h1-5,13H,6-7H2. The summed E-state index contributed by atoms with van der Waals surface area (Å²) in [5.41, 5.74) is 0.586. The molecular weight excluding hydrogens is 223 g/mol. The van der Waals surface area contributed by atoms with E-state index in [9.17, 15) is 5.11 Å². The molecule has 0 radical (unpaired) electrons. The van der Waals surface area contributed by atoms with Crippen LogP contribution in [0.1, 0.15) is 12.0 Å². The molecule has 0 aromatic heterocycles. The van der Waals surface area contributed by atoms with Gasteiger partial charge in [-0.05, 0) is 0 Å². The second-order valence-corrected chi connectivity index (χ2v) is 4.80. The lowest BCUT2D eigenvalue weighted by Crippen LogP contribution is -2.39. The summed E-state index contributed by atoms with van der Waals surface area (Å²) in [6, 6.07) is 8.94. The molecule has 0 bridgehead atoms. The first kappa shape index (κ1) is 10.2. The maximum atomic E-state index is 10.2. The Hall–Kier alpha value is -0.280. The lowest BCUT2D eigenvalue weighted by atomic mass is 10.0. The van der Waals surface area contributed by atoms with Crippen molar-refractivity contribution in [2.75, 3.05) is 6.61 Å². The van der Waals surface area contributed by atoms with Gasteiger partial charge in [-0.3, -0.25) is 0 Å². The third-order valence-corrected chi connectivity index (χ3v) is 3.28. The normalized spacial score (nSPS) is 30.5. The molecule has 1 heterocycles. The second kappa shape index (κ2) is 3.38. The molecule has 2 rings (SSSR count). The van der Waals surface area contributed by atoms with E-state index < -0.39 is 10.1 Å². The van der Waals surface area contributed by atoms with Gasteiger partial charge in [0.05, 0.1) is 6.61 Å². The number of ether oxygens (including phenoxy) is 1. The Kier molecular flexibility index (Phi) is 2.48. The molecule has 0 aliphatic carbocycles. The van der Waals surface area contributed by atoms with Gasteiger partial charge in [-0.2, -0.15) is 0 Å². The van der Waals surface area contributed by atoms with Crippen LogP contribution in [0.15, 0.2) is 30.3 Å². The van der Waals surface area contributed by atoms with E-state index in [0.29, 0.717) is 18.6 Å². The van der Waals surface area contributed by atoms with Gasteiger partial charge in [0.1, 0.15) is 0 Å². The molecule has 1 atom stereocenters. The van der Waals surface area contributed by atoms with Crippen LogP contribution in [-0.2, 0) is 10.5 Å². The van der Waals surface area contributed by atoms with Gasteiger partial charge in [0.25, 0.3) is 0 Å². The van der Waals surface area contributed by atoms with Gasteiger partial charge in [0, 0.05) is 12.0 Å². The third kappa shape index (κ3) is 1.43. The molecule has 2 nitrogen and oxygen atoms in total. The van der Waals surface area contributed by atoms with E-state index in [2.05, 4.69) is 0 Å². The number of benzene rings is 1. The minimum atomic E-state index is -1.59. The summed E-state index contributed by atoms with van der Waals surface area (Å²) in [5, 5.41) is 10.2. The Labute approximate surface area is 92.4 Å². The summed E-state index contributed by atoms with van der Waals surface area (Å²) < 4.78 is 3.96. The van der Waals surface area contributed by atoms with E-state index in [1.54, 1.807) is 24.3 Å². The SMILES string of the molecule is OC1(c2ccccc2)OCCC1(Cl)Cl. The summed E-state index contributed by atoms with van der Waals surface area (Å²) in [5.74, 6) is -1.59. The Bertz CT molecular complexity index is 326. The van der Waals surface area contributed by atoms with E-state index in [1.807, 2.05) is 6.07 Å². The first-order valence-electron chi connectivity index (χ1n) is 4.36. The molecule has 1 saturated heterocycles. The Morgan fingerprint density at radius 2 is 1.86 bits per heavy atom. The van der Waals surface area contributed by atoms with Gasteiger partial charge in [-0.15, -0.1) is 0 Å². The van der Waals surface area contributed by atoms with Crippen LogP contribution in [0, 0.1) is 0 Å². The van der Waals surface area contributed by atoms with Crippen molar-refractivity contribution in [3.63, 3.8) is 0 Å². The monoisotopic (exact) mass is 232 g/mol. The second-order valence-electron chi connectivity index (χ2n) is 3.31. The van der Waals surface area contributed by atoms with Crippen molar-refractivity contribution < 1.29 is 9.84 Å². The first-order chi connectivity index (χ1) is 6.56. The van der Waals surface area contributed by atoms with E-state index >= 15 is 0 Å². The van der Waals surface area contributed by atoms with Crippen molar-refractivity contribution in [2.24, 2.45) is 0 Å². The molecule has 1 aromatic carbocycles. The molecule has 1 unspecified atom stereocenters. The van der Waals surface area contributed by atoms with Gasteiger partial charge < -0.3 is 9.84 Å². The van der Waals surface area contributed by atoms with E-state index in [4.69, 9.17) is 27.9 Å². The Morgan fingerprint density at radius 1 is 1.21 bits per heavy atom. The van der Waals surface area contributed by atoms with Crippen LogP contribution < -0.4 is 0 Å². The van der Waals surface area contributed by atoms with Crippen molar-refractivity contribution in [3.05, 3.63) is 35.9 Å². The fourth-order valence-electron chi connectivity index (χ4n) is 1.56. The molecule has 1 aliphatic rings. The molecule has 0 saturated carbocycles. The third-order valence-electron chi connectivity index (χ3n) is 2.39. The van der Waals surface area contributed by atoms with Crippen molar-refractivity contribution in [3.8, 4) is 0 Å². The lowest BCUT2D eigenvalue weighted by Gasteiger charge is -2.31. The molecule has 0 spiro atoms. The summed E-state index contributed by atoms with van der Waals surface area (Å²) >= 11 is 12.0. The number of rotatable bonds is 1. The average Bonchev–Trinajstić information content (AvgIpc) is 2.44. The number of hydrogen-bond acceptors (Lipinski definition) is 2. The van der Waals surface area contributed by atoms with Crippen molar-refractivity contribution in [1.29, 1.82) is 0 Å². The van der Waals surface area contributed by atoms with Crippen LogP contribution in [0.5, 0.6) is 0 Å². The minimum Gasteiger partial charge on any atom is -0.359 e. The highest BCUT2D eigenvalue weighted by Crippen LogP contribution is 2.49. The largest absolute Gasteiger partial charge is 0.359 e. The predicted molar refractivity (Wildman–Crippen MR) is 55.3 cm³/mol. The van der Waals surface area contributed by atoms with Gasteiger partial charge in [-0.25, -0.2) is 0 Å². The van der Waals surface area contributed by atoms with Crippen LogP contribution in [0.3, 0.4) is 0 Å². The zero-order valence-corrected chi connectivity index (χ0v) is 8.92. The van der Waals surface area contributed by atoms with Gasteiger partial charge >= 0.3 is 0 Å². The fourth-order valence-corrected chi connectivity index (χ4v) is 2.04. The van der Waals surface area contributed by atoms with Gasteiger partial charge in [0.2, 0.25) is 5.79 Å². The summed E-state index contributed by atoms with van der Waals surface area (Å²) in [6.45, 7) is 0.360. The Morgan fingerprint density at radius 3 is 2.36 bits per heavy atom. The highest BCUT2D eigenvalue weighted by molar-refractivity contribution is 6.49. The van der Waals surface area contributed by atoms with E-state index in [-0.39, 0.29) is 0 Å². The molecule has 1 aromatic rings. The molecule has 76 valence electrons. The molecule has 4 heteroatoms. The summed E-state index contributed by atoms with van der Waals surface area (Å²) in [6.07, 6.45) is 0.418. The van der Waals surface area contributed by atoms with Crippen LogP contribution in [0.2, 0.25) is 0 Å². The minimum absolute atomic E-state index is 0.360. The van der Waals surface area contributed by atoms with Crippen molar-refractivity contribution >= 4 is 23.2 Å². The summed E-state index contributed by atoms with van der Waals surface area (Å²) in [4.78, 5) is 0. The maximum Gasteiger partial charge on any atom is 0.226 e. The number of aliphatic hydroxyl groups is 1. The zero-order chi connectivity index (χ0) is 10.2. The van der Waals surface area contributed by atoms with Crippen LogP contribution in [0.25, 0.3) is 0 Å². The van der Waals surface area contributed by atoms with Crippen molar-refractivity contribution in [1.82, 2.24) is 0 Å². The highest BCUT2D eigenvalue weighted by Gasteiger charge is 2.55. The lowest BCUT2D eigenvalue weighted by molar-refractivity contribution is -0.183. The maximum absolute atomic E-state index is 10.2. The van der Waals surface area contributed by atoms with Crippen LogP contribution in [0.4, 0.5) is 0 Å². The number of alkyl halides is 2. The van der Waals surface area contributed by atoms with Crippen molar-refractivity contribution in [2.45, 2.75) is 16.5 Å². The molecule has 14 heavy (non-hydrogen) atoms. The predicted octanol–water partition coefficient (Wildman–Crippen LogP) is 2.43. The first-order valence-corrected chi connectivity index (χ1v) is 5.11. The van der Waals surface area contributed by atoms with E-state index in [1.165, 1.54) is 0 Å². The number of hydrogen-bond donors (Lipinski definition) is 1. The molecule has 0 amide bonds. The topological polar surface area (TPSA) is 29.5 Å². The van der Waals surface area contributed by atoms with Gasteiger partial charge in [-0.1, -0.05) is 53.5 Å². The highest BCUT2D eigenvalue weighted by atomic mass is 35.5. The number of halogens is 2. The average molecular weight is 233 g/mol. The molecular formula is C10H10Cl2O2. The molecule has 1 aliphatic heterocycles. The van der Waals surface area contributed by atoms with Crippen LogP contribution >= 0.6 is 23.2 Å². The molecule has 1 N–H and O–H groups in total. The van der Waals surface area contributed by atoms with Crippen LogP contribution in [-0.4, -0.2) is 16.0 Å². The fraction of sp³-hybridized carbons (Fsp3) is 0.400.